The third kappa shape index (κ3) is 7.88. The summed E-state index contributed by atoms with van der Waals surface area (Å²) >= 11 is 0. The van der Waals surface area contributed by atoms with Crippen LogP contribution in [0.1, 0.15) is 33.6 Å². The zero-order valence-corrected chi connectivity index (χ0v) is 13.7. The Balaban J connectivity index is 0.000000295. The van der Waals surface area contributed by atoms with E-state index in [1.807, 2.05) is 26.8 Å². The molecule has 0 aromatic heterocycles. The molecule has 1 fully saturated rings. The molecule has 0 aliphatic carbocycles. The number of hydrogen-bond acceptors (Lipinski definition) is 5. The molecule has 5 heteroatoms. The summed E-state index contributed by atoms with van der Waals surface area (Å²) in [6.45, 7) is 8.75. The van der Waals surface area contributed by atoms with Crippen LogP contribution in [0.2, 0.25) is 0 Å². The van der Waals surface area contributed by atoms with Gasteiger partial charge in [-0.25, -0.2) is 0 Å². The number of hydrogen-bond donors (Lipinski definition) is 2. The van der Waals surface area contributed by atoms with Gasteiger partial charge in [0.15, 0.2) is 11.5 Å². The molecule has 1 aromatic carbocycles. The molecule has 0 unspecified atom stereocenters. The number of benzene rings is 1. The van der Waals surface area contributed by atoms with Gasteiger partial charge in [-0.15, -0.1) is 0 Å². The second-order valence-corrected chi connectivity index (χ2v) is 6.32. The molecule has 5 nitrogen and oxygen atoms in total. The van der Waals surface area contributed by atoms with E-state index >= 15 is 0 Å². The molecule has 1 saturated heterocycles. The van der Waals surface area contributed by atoms with Crippen molar-refractivity contribution in [3.8, 4) is 11.5 Å². The van der Waals surface area contributed by atoms with Crippen LogP contribution in [0.3, 0.4) is 0 Å². The molecule has 22 heavy (non-hydrogen) atoms. The van der Waals surface area contributed by atoms with Crippen LogP contribution in [0.5, 0.6) is 11.5 Å². The van der Waals surface area contributed by atoms with Crippen LogP contribution in [0.15, 0.2) is 24.3 Å². The number of phenols is 1. The highest BCUT2D eigenvalue weighted by Crippen LogP contribution is 2.25. The van der Waals surface area contributed by atoms with E-state index in [4.69, 9.17) is 4.74 Å². The molecule has 1 heterocycles. The maximum absolute atomic E-state index is 9.60. The minimum atomic E-state index is -0.318. The summed E-state index contributed by atoms with van der Waals surface area (Å²) < 4.78 is 10.1. The van der Waals surface area contributed by atoms with Gasteiger partial charge in [0, 0.05) is 12.5 Å². The Bertz CT molecular complexity index is 437. The summed E-state index contributed by atoms with van der Waals surface area (Å²) in [5.41, 5.74) is -0.318. The van der Waals surface area contributed by atoms with E-state index < -0.39 is 0 Å². The van der Waals surface area contributed by atoms with E-state index in [1.54, 1.807) is 18.2 Å². The van der Waals surface area contributed by atoms with Crippen molar-refractivity contribution in [2.75, 3.05) is 19.7 Å². The van der Waals surface area contributed by atoms with Gasteiger partial charge in [0.1, 0.15) is 5.60 Å². The highest BCUT2D eigenvalue weighted by atomic mass is 16.5. The van der Waals surface area contributed by atoms with Gasteiger partial charge in [0.05, 0.1) is 6.61 Å². The average molecular weight is 309 g/mol. The topological polar surface area (TPSA) is 67.8 Å². The molecule has 0 amide bonds. The molecule has 0 spiro atoms. The number of piperidine rings is 1. The fourth-order valence-electron chi connectivity index (χ4n) is 2.00. The summed E-state index contributed by atoms with van der Waals surface area (Å²) in [6, 6.07) is 7.11. The van der Waals surface area contributed by atoms with Crippen molar-refractivity contribution in [3.05, 3.63) is 24.3 Å². The van der Waals surface area contributed by atoms with Crippen LogP contribution in [0.25, 0.3) is 0 Å². The Labute approximate surface area is 132 Å². The predicted molar refractivity (Wildman–Crippen MR) is 86.1 cm³/mol. The van der Waals surface area contributed by atoms with Crippen molar-refractivity contribution in [3.63, 3.8) is 0 Å². The van der Waals surface area contributed by atoms with Crippen LogP contribution < -0.4 is 10.1 Å². The van der Waals surface area contributed by atoms with Crippen molar-refractivity contribution in [2.24, 2.45) is 5.92 Å². The third-order valence-electron chi connectivity index (χ3n) is 3.14. The van der Waals surface area contributed by atoms with E-state index in [2.05, 4.69) is 10.1 Å². The molecular formula is C17H27NO4. The molecule has 1 atom stereocenters. The normalized spacial score (nSPS) is 17.9. The Morgan fingerprint density at radius 1 is 1.36 bits per heavy atom. The second kappa shape index (κ2) is 9.30. The predicted octanol–water partition coefficient (Wildman–Crippen LogP) is 2.73. The van der Waals surface area contributed by atoms with Crippen molar-refractivity contribution in [1.82, 2.24) is 5.32 Å². The Hall–Kier alpha value is -1.75. The first-order chi connectivity index (χ1) is 10.4. The second-order valence-electron chi connectivity index (χ2n) is 6.32. The van der Waals surface area contributed by atoms with Crippen molar-refractivity contribution < 1.29 is 19.4 Å². The first-order valence-electron chi connectivity index (χ1n) is 7.65. The number of aromatic hydroxyl groups is 1. The third-order valence-corrected chi connectivity index (χ3v) is 3.14. The maximum Gasteiger partial charge on any atom is 0.293 e. The summed E-state index contributed by atoms with van der Waals surface area (Å²) in [6.07, 6.45) is 2.43. The van der Waals surface area contributed by atoms with E-state index in [1.165, 1.54) is 12.8 Å². The summed E-state index contributed by atoms with van der Waals surface area (Å²) in [7, 11) is 0. The molecule has 2 N–H and O–H groups in total. The summed E-state index contributed by atoms with van der Waals surface area (Å²) in [5.74, 6) is 1.38. The number of carbonyl (C=O) groups excluding carboxylic acids is 1. The van der Waals surface area contributed by atoms with Gasteiger partial charge in [-0.1, -0.05) is 12.1 Å². The van der Waals surface area contributed by atoms with Crippen LogP contribution in [0.4, 0.5) is 0 Å². The number of carbonyl (C=O) groups is 1. The van der Waals surface area contributed by atoms with Gasteiger partial charge in [0.2, 0.25) is 0 Å². The highest BCUT2D eigenvalue weighted by Gasteiger charge is 2.14. The molecule has 1 aliphatic rings. The van der Waals surface area contributed by atoms with Crippen LogP contribution in [-0.2, 0) is 9.53 Å². The van der Waals surface area contributed by atoms with Gasteiger partial charge in [-0.3, -0.25) is 4.79 Å². The number of para-hydroxylation sites is 2. The lowest BCUT2D eigenvalue weighted by Crippen LogP contribution is -2.33. The van der Waals surface area contributed by atoms with Crippen molar-refractivity contribution in [1.29, 1.82) is 0 Å². The maximum atomic E-state index is 9.60. The molecule has 2 rings (SSSR count). The van der Waals surface area contributed by atoms with Gasteiger partial charge < -0.3 is 19.9 Å². The molecular weight excluding hydrogens is 282 g/mol. The number of nitrogens with one attached hydrogen (secondary N) is 1. The summed E-state index contributed by atoms with van der Waals surface area (Å²) in [5, 5.41) is 12.8. The van der Waals surface area contributed by atoms with E-state index in [9.17, 15) is 9.90 Å². The lowest BCUT2D eigenvalue weighted by Gasteiger charge is -2.22. The molecule has 0 saturated carbocycles. The molecule has 0 radical (unpaired) electrons. The van der Waals surface area contributed by atoms with E-state index in [-0.39, 0.29) is 11.4 Å². The first-order valence-corrected chi connectivity index (χ1v) is 7.65. The summed E-state index contributed by atoms with van der Waals surface area (Å²) in [4.78, 5) is 9.60. The lowest BCUT2D eigenvalue weighted by atomic mass is 10.0. The minimum Gasteiger partial charge on any atom is -0.504 e. The fourth-order valence-corrected chi connectivity index (χ4v) is 2.00. The lowest BCUT2D eigenvalue weighted by molar-refractivity contribution is -0.138. The molecule has 1 aromatic rings. The van der Waals surface area contributed by atoms with E-state index in [0.717, 1.165) is 13.1 Å². The van der Waals surface area contributed by atoms with Gasteiger partial charge in [-0.05, 0) is 52.3 Å². The van der Waals surface area contributed by atoms with Gasteiger partial charge in [-0.2, -0.15) is 0 Å². The number of phenolic OH excluding ortho intramolecular Hbond substituents is 1. The number of rotatable bonds is 4. The quantitative estimate of drug-likeness (QED) is 0.837. The largest absolute Gasteiger partial charge is 0.504 e. The molecule has 124 valence electrons. The number of ether oxygens (including phenoxy) is 2. The standard InChI is InChI=1S/C12H17NO2.C5H10O2/c14-11-5-1-2-6-12(11)15-9-10-4-3-7-13-8-10;1-5(2,3)7-4-6/h1-2,5-6,10,13-14H,3-4,7-9H2;4H,1-3H3/t10-;/m0./s1. The van der Waals surface area contributed by atoms with Crippen LogP contribution in [-0.4, -0.2) is 36.9 Å². The molecule has 1 aliphatic heterocycles. The highest BCUT2D eigenvalue weighted by molar-refractivity contribution is 5.38. The van der Waals surface area contributed by atoms with Gasteiger partial charge >= 0.3 is 0 Å². The Kier molecular flexibility index (Phi) is 7.74. The SMILES string of the molecule is CC(C)(C)OC=O.Oc1ccccc1OC[C@H]1CCCNC1. The zero-order valence-electron chi connectivity index (χ0n) is 13.7. The van der Waals surface area contributed by atoms with Gasteiger partial charge in [0.25, 0.3) is 6.47 Å². The average Bonchev–Trinajstić information content (AvgIpc) is 2.47. The fraction of sp³-hybridized carbons (Fsp3) is 0.588. The van der Waals surface area contributed by atoms with E-state index in [0.29, 0.717) is 24.7 Å². The first kappa shape index (κ1) is 18.3. The smallest absolute Gasteiger partial charge is 0.293 e. The van der Waals surface area contributed by atoms with Crippen LogP contribution >= 0.6 is 0 Å². The monoisotopic (exact) mass is 309 g/mol. The van der Waals surface area contributed by atoms with Crippen LogP contribution in [0, 0.1) is 5.92 Å². The minimum absolute atomic E-state index is 0.223. The Morgan fingerprint density at radius 3 is 2.59 bits per heavy atom. The van der Waals surface area contributed by atoms with Crippen molar-refractivity contribution in [2.45, 2.75) is 39.2 Å². The van der Waals surface area contributed by atoms with Crippen molar-refractivity contribution >= 4 is 6.47 Å². The Morgan fingerprint density at radius 2 is 2.09 bits per heavy atom. The zero-order chi connectivity index (χ0) is 16.4. The molecule has 0 bridgehead atoms.